The molecule has 1 heterocycles. The van der Waals surface area contributed by atoms with Crippen LogP contribution in [0.3, 0.4) is 0 Å². The summed E-state index contributed by atoms with van der Waals surface area (Å²) in [5.41, 5.74) is 9.31. The van der Waals surface area contributed by atoms with E-state index in [1.54, 1.807) is 7.11 Å². The molecule has 3 aromatic carbocycles. The fraction of sp³-hybridized carbons (Fsp3) is 0.258. The average molecular weight is 452 g/mol. The maximum absolute atomic E-state index is 6.14. The van der Waals surface area contributed by atoms with E-state index in [1.807, 2.05) is 25.1 Å². The van der Waals surface area contributed by atoms with Gasteiger partial charge in [0.25, 0.3) is 0 Å². The highest BCUT2D eigenvalue weighted by Crippen LogP contribution is 2.33. The van der Waals surface area contributed by atoms with Crippen molar-refractivity contribution in [1.82, 2.24) is 4.98 Å². The Morgan fingerprint density at radius 1 is 0.765 bits per heavy atom. The van der Waals surface area contributed by atoms with Gasteiger partial charge in [-0.3, -0.25) is 4.98 Å². The zero-order valence-corrected chi connectivity index (χ0v) is 20.6. The summed E-state index contributed by atoms with van der Waals surface area (Å²) >= 11 is 0. The lowest BCUT2D eigenvalue weighted by molar-refractivity contribution is 0.295. The van der Waals surface area contributed by atoms with E-state index in [2.05, 4.69) is 74.5 Å². The number of benzene rings is 3. The van der Waals surface area contributed by atoms with Crippen LogP contribution in [0.4, 0.5) is 0 Å². The van der Waals surface area contributed by atoms with Crippen LogP contribution in [0.5, 0.6) is 11.5 Å². The number of aryl methyl sites for hydroxylation is 3. The first-order chi connectivity index (χ1) is 16.6. The molecule has 4 aromatic rings. The Kier molecular flexibility index (Phi) is 7.64. The summed E-state index contributed by atoms with van der Waals surface area (Å²) in [5.74, 6) is 1.66. The second-order valence-corrected chi connectivity index (χ2v) is 8.53. The molecule has 0 aliphatic carbocycles. The monoisotopic (exact) mass is 451 g/mol. The molecule has 0 N–H and O–H groups in total. The minimum atomic E-state index is 0.413. The van der Waals surface area contributed by atoms with Gasteiger partial charge < -0.3 is 9.47 Å². The van der Waals surface area contributed by atoms with Crippen molar-refractivity contribution in [3.05, 3.63) is 112 Å². The van der Waals surface area contributed by atoms with Gasteiger partial charge in [-0.1, -0.05) is 74.5 Å². The molecule has 0 bridgehead atoms. The van der Waals surface area contributed by atoms with Crippen LogP contribution in [0, 0.1) is 6.92 Å². The van der Waals surface area contributed by atoms with Crippen LogP contribution in [-0.2, 0) is 25.9 Å². The smallest absolute Gasteiger partial charge is 0.129 e. The Morgan fingerprint density at radius 2 is 1.41 bits per heavy atom. The van der Waals surface area contributed by atoms with Crippen LogP contribution in [0.2, 0.25) is 0 Å². The molecule has 174 valence electrons. The molecule has 0 fully saturated rings. The van der Waals surface area contributed by atoms with Gasteiger partial charge >= 0.3 is 0 Å². The lowest BCUT2D eigenvalue weighted by Gasteiger charge is -2.17. The first-order valence-electron chi connectivity index (χ1n) is 12.0. The average Bonchev–Trinajstić information content (AvgIpc) is 2.88. The summed E-state index contributed by atoms with van der Waals surface area (Å²) in [6.45, 7) is 6.83. The maximum atomic E-state index is 6.14. The normalized spacial score (nSPS) is 10.8. The van der Waals surface area contributed by atoms with Gasteiger partial charge in [0, 0.05) is 17.3 Å². The number of ether oxygens (including phenoxy) is 2. The fourth-order valence-electron chi connectivity index (χ4n) is 4.42. The summed E-state index contributed by atoms with van der Waals surface area (Å²) in [6, 6.07) is 27.4. The van der Waals surface area contributed by atoms with Crippen LogP contribution in [-0.4, -0.2) is 12.1 Å². The number of hydrogen-bond acceptors (Lipinski definition) is 3. The van der Waals surface area contributed by atoms with Gasteiger partial charge in [0.15, 0.2) is 0 Å². The van der Waals surface area contributed by atoms with Crippen molar-refractivity contribution in [2.75, 3.05) is 7.11 Å². The van der Waals surface area contributed by atoms with E-state index in [4.69, 9.17) is 14.5 Å². The standard InChI is InChI=1S/C31H33NO2/c1-5-25-13-10-14-26(6-2)31(25)29-20-30(33-4)28(22(3)32-29)21-34-27-17-15-24(16-18-27)19-23-11-8-7-9-12-23/h7-18,20H,5-6,19,21H2,1-4H3. The van der Waals surface area contributed by atoms with Crippen molar-refractivity contribution < 1.29 is 9.47 Å². The number of pyridine rings is 1. The first kappa shape index (κ1) is 23.6. The molecule has 1 aromatic heterocycles. The zero-order valence-electron chi connectivity index (χ0n) is 20.6. The summed E-state index contributed by atoms with van der Waals surface area (Å²) in [6.07, 6.45) is 2.85. The lowest BCUT2D eigenvalue weighted by Crippen LogP contribution is -2.05. The Labute approximate surface area is 203 Å². The summed E-state index contributed by atoms with van der Waals surface area (Å²) < 4.78 is 11.9. The van der Waals surface area contributed by atoms with Gasteiger partial charge in [0.2, 0.25) is 0 Å². The van der Waals surface area contributed by atoms with E-state index in [0.29, 0.717) is 6.61 Å². The molecule has 0 saturated heterocycles. The quantitative estimate of drug-likeness (QED) is 0.266. The number of methoxy groups -OCH3 is 1. The van der Waals surface area contributed by atoms with E-state index in [0.717, 1.165) is 47.7 Å². The van der Waals surface area contributed by atoms with Gasteiger partial charge in [-0.15, -0.1) is 0 Å². The van der Waals surface area contributed by atoms with Crippen LogP contribution < -0.4 is 9.47 Å². The highest BCUT2D eigenvalue weighted by Gasteiger charge is 2.16. The van der Waals surface area contributed by atoms with Crippen LogP contribution in [0.15, 0.2) is 78.9 Å². The summed E-state index contributed by atoms with van der Waals surface area (Å²) in [5, 5.41) is 0. The Balaban J connectivity index is 1.53. The number of hydrogen-bond donors (Lipinski definition) is 0. The highest BCUT2D eigenvalue weighted by atomic mass is 16.5. The van der Waals surface area contributed by atoms with Crippen LogP contribution in [0.1, 0.15) is 47.4 Å². The molecule has 0 spiro atoms. The number of nitrogens with zero attached hydrogens (tertiary/aromatic N) is 1. The third kappa shape index (κ3) is 5.31. The predicted octanol–water partition coefficient (Wildman–Crippen LogP) is 7.36. The van der Waals surface area contributed by atoms with Gasteiger partial charge in [0.1, 0.15) is 18.1 Å². The molecule has 34 heavy (non-hydrogen) atoms. The highest BCUT2D eigenvalue weighted by molar-refractivity contribution is 5.70. The molecule has 0 aliphatic rings. The molecule has 3 heteroatoms. The molecule has 0 amide bonds. The second kappa shape index (κ2) is 11.0. The van der Waals surface area contributed by atoms with Crippen molar-refractivity contribution >= 4 is 0 Å². The third-order valence-corrected chi connectivity index (χ3v) is 6.32. The van der Waals surface area contributed by atoms with Crippen LogP contribution in [0.25, 0.3) is 11.3 Å². The fourth-order valence-corrected chi connectivity index (χ4v) is 4.42. The van der Waals surface area contributed by atoms with E-state index in [9.17, 15) is 0 Å². The SMILES string of the molecule is CCc1cccc(CC)c1-c1cc(OC)c(COc2ccc(Cc3ccccc3)cc2)c(C)n1. The molecular formula is C31H33NO2. The van der Waals surface area contributed by atoms with E-state index in [-0.39, 0.29) is 0 Å². The zero-order chi connectivity index (χ0) is 23.9. The molecule has 0 saturated carbocycles. The topological polar surface area (TPSA) is 31.4 Å². The van der Waals surface area contributed by atoms with Gasteiger partial charge in [-0.05, 0) is 60.6 Å². The van der Waals surface area contributed by atoms with Crippen molar-refractivity contribution in [2.24, 2.45) is 0 Å². The minimum absolute atomic E-state index is 0.413. The van der Waals surface area contributed by atoms with Gasteiger partial charge in [-0.25, -0.2) is 0 Å². The molecule has 0 unspecified atom stereocenters. The van der Waals surface area contributed by atoms with Crippen molar-refractivity contribution in [3.8, 4) is 22.8 Å². The number of rotatable bonds is 9. The molecular weight excluding hydrogens is 418 g/mol. The minimum Gasteiger partial charge on any atom is -0.496 e. The Bertz CT molecular complexity index is 1210. The van der Waals surface area contributed by atoms with E-state index >= 15 is 0 Å². The lowest BCUT2D eigenvalue weighted by atomic mass is 9.94. The first-order valence-corrected chi connectivity index (χ1v) is 12.0. The Morgan fingerprint density at radius 3 is 2.03 bits per heavy atom. The van der Waals surface area contributed by atoms with Gasteiger partial charge in [-0.2, -0.15) is 0 Å². The summed E-state index contributed by atoms with van der Waals surface area (Å²) in [7, 11) is 1.72. The predicted molar refractivity (Wildman–Crippen MR) is 140 cm³/mol. The second-order valence-electron chi connectivity index (χ2n) is 8.53. The maximum Gasteiger partial charge on any atom is 0.129 e. The summed E-state index contributed by atoms with van der Waals surface area (Å²) in [4.78, 5) is 4.98. The van der Waals surface area contributed by atoms with Crippen LogP contribution >= 0.6 is 0 Å². The Hall–Kier alpha value is -3.59. The molecule has 3 nitrogen and oxygen atoms in total. The largest absolute Gasteiger partial charge is 0.496 e. The van der Waals surface area contributed by atoms with E-state index in [1.165, 1.54) is 27.8 Å². The molecule has 0 atom stereocenters. The third-order valence-electron chi connectivity index (χ3n) is 6.32. The molecule has 4 rings (SSSR count). The van der Waals surface area contributed by atoms with Gasteiger partial charge in [0.05, 0.1) is 18.4 Å². The van der Waals surface area contributed by atoms with Crippen molar-refractivity contribution in [3.63, 3.8) is 0 Å². The van der Waals surface area contributed by atoms with Crippen molar-refractivity contribution in [2.45, 2.75) is 46.6 Å². The molecule has 0 aliphatic heterocycles. The molecule has 0 radical (unpaired) electrons. The number of aromatic nitrogens is 1. The van der Waals surface area contributed by atoms with E-state index < -0.39 is 0 Å². The van der Waals surface area contributed by atoms with Crippen molar-refractivity contribution in [1.29, 1.82) is 0 Å².